The zero-order chi connectivity index (χ0) is 23.2. The molecule has 0 unspecified atom stereocenters. The monoisotopic (exact) mass is 462 g/mol. The molecule has 0 fully saturated rings. The Bertz CT molecular complexity index is 1250. The number of nitrogens with zero attached hydrogens (tertiary/aromatic N) is 2. The maximum Gasteiger partial charge on any atom is 0.293 e. The van der Waals surface area contributed by atoms with Crippen molar-refractivity contribution in [2.24, 2.45) is 0 Å². The minimum absolute atomic E-state index is 0.162. The molecule has 0 spiro atoms. The third kappa shape index (κ3) is 5.51. The number of ether oxygens (including phenoxy) is 1. The number of carbonyl (C=O) groups is 1. The number of carbonyl (C=O) groups excluding carboxylic acids is 1. The fourth-order valence-electron chi connectivity index (χ4n) is 3.34. The summed E-state index contributed by atoms with van der Waals surface area (Å²) in [7, 11) is 1.55. The topological polar surface area (TPSA) is 106 Å². The van der Waals surface area contributed by atoms with Crippen LogP contribution in [0.2, 0.25) is 0 Å². The molecule has 9 heteroatoms. The van der Waals surface area contributed by atoms with Crippen molar-refractivity contribution in [1.82, 2.24) is 4.98 Å². The number of rotatable bonds is 9. The molecule has 0 radical (unpaired) electrons. The highest BCUT2D eigenvalue weighted by Crippen LogP contribution is 2.27. The number of methoxy groups -OCH3 is 1. The normalized spacial score (nSPS) is 10.8. The lowest BCUT2D eigenvalue weighted by Crippen LogP contribution is -2.13. The summed E-state index contributed by atoms with van der Waals surface area (Å²) < 4.78 is 6.11. The van der Waals surface area contributed by atoms with Crippen LogP contribution in [-0.2, 0) is 11.2 Å². The standard InChI is InChI=1S/C24H22N4O4S/c1-32-13-12-25-19-11-8-17(15-21(19)28(30)31)24(29)26-18-9-6-16(7-10-18)14-23-27-20-4-2-3-5-22(20)33-23/h2-11,15,25H,12-14H2,1H3,(H,26,29). The molecular weight excluding hydrogens is 440 g/mol. The molecule has 4 aromatic rings. The lowest BCUT2D eigenvalue weighted by Gasteiger charge is -2.09. The first-order valence-corrected chi connectivity index (χ1v) is 11.1. The average Bonchev–Trinajstić information content (AvgIpc) is 3.23. The minimum atomic E-state index is -0.511. The van der Waals surface area contributed by atoms with Gasteiger partial charge in [0, 0.05) is 37.4 Å². The molecular formula is C24H22N4O4S. The smallest absolute Gasteiger partial charge is 0.293 e. The van der Waals surface area contributed by atoms with Gasteiger partial charge in [-0.1, -0.05) is 24.3 Å². The SMILES string of the molecule is COCCNc1ccc(C(=O)Nc2ccc(Cc3nc4ccccc4s3)cc2)cc1[N+](=O)[O-]. The van der Waals surface area contributed by atoms with Gasteiger partial charge < -0.3 is 15.4 Å². The summed E-state index contributed by atoms with van der Waals surface area (Å²) in [5.74, 6) is -0.416. The highest BCUT2D eigenvalue weighted by molar-refractivity contribution is 7.18. The summed E-state index contributed by atoms with van der Waals surface area (Å²) in [6.45, 7) is 0.834. The third-order valence-corrected chi connectivity index (χ3v) is 6.02. The van der Waals surface area contributed by atoms with Gasteiger partial charge in [0.05, 0.1) is 26.8 Å². The van der Waals surface area contributed by atoms with Crippen molar-refractivity contribution >= 4 is 44.5 Å². The fourth-order valence-corrected chi connectivity index (χ4v) is 4.34. The predicted octanol–water partition coefficient (Wildman–Crippen LogP) is 5.11. The van der Waals surface area contributed by atoms with Crippen LogP contribution in [0.5, 0.6) is 0 Å². The average molecular weight is 463 g/mol. The van der Waals surface area contributed by atoms with Crippen LogP contribution < -0.4 is 10.6 Å². The first kappa shape index (κ1) is 22.4. The second kappa shape index (κ2) is 10.2. The van der Waals surface area contributed by atoms with Gasteiger partial charge in [-0.2, -0.15) is 0 Å². The predicted molar refractivity (Wildman–Crippen MR) is 130 cm³/mol. The molecule has 168 valence electrons. The van der Waals surface area contributed by atoms with E-state index in [1.807, 2.05) is 42.5 Å². The molecule has 0 aliphatic heterocycles. The van der Waals surface area contributed by atoms with Crippen molar-refractivity contribution in [3.63, 3.8) is 0 Å². The Hall–Kier alpha value is -3.82. The molecule has 0 bridgehead atoms. The number of thiazole rings is 1. The Morgan fingerprint density at radius 2 is 1.91 bits per heavy atom. The largest absolute Gasteiger partial charge is 0.383 e. The van der Waals surface area contributed by atoms with Crippen LogP contribution in [0.15, 0.2) is 66.7 Å². The number of nitrogens with one attached hydrogen (secondary N) is 2. The van der Waals surface area contributed by atoms with E-state index in [1.54, 1.807) is 24.5 Å². The van der Waals surface area contributed by atoms with Crippen LogP contribution in [0.3, 0.4) is 0 Å². The number of anilines is 2. The number of para-hydroxylation sites is 1. The van der Waals surface area contributed by atoms with Crippen LogP contribution in [-0.4, -0.2) is 36.1 Å². The van der Waals surface area contributed by atoms with Crippen LogP contribution in [0.1, 0.15) is 20.9 Å². The summed E-state index contributed by atoms with van der Waals surface area (Å²) in [5.41, 5.74) is 3.07. The van der Waals surface area contributed by atoms with E-state index in [9.17, 15) is 14.9 Å². The van der Waals surface area contributed by atoms with Crippen molar-refractivity contribution in [2.75, 3.05) is 30.9 Å². The molecule has 0 saturated carbocycles. The highest BCUT2D eigenvalue weighted by Gasteiger charge is 2.17. The van der Waals surface area contributed by atoms with E-state index in [1.165, 1.54) is 12.1 Å². The first-order chi connectivity index (χ1) is 16.0. The summed E-state index contributed by atoms with van der Waals surface area (Å²) in [5, 5.41) is 18.2. The molecule has 0 aliphatic rings. The highest BCUT2D eigenvalue weighted by atomic mass is 32.1. The number of aromatic nitrogens is 1. The lowest BCUT2D eigenvalue weighted by molar-refractivity contribution is -0.384. The molecule has 0 atom stereocenters. The summed E-state index contributed by atoms with van der Waals surface area (Å²) >= 11 is 1.67. The second-order valence-electron chi connectivity index (χ2n) is 7.31. The van der Waals surface area contributed by atoms with Gasteiger partial charge in [-0.05, 0) is 42.0 Å². The number of benzene rings is 3. The molecule has 2 N–H and O–H groups in total. The van der Waals surface area contributed by atoms with Crippen LogP contribution >= 0.6 is 11.3 Å². The fraction of sp³-hybridized carbons (Fsp3) is 0.167. The van der Waals surface area contributed by atoms with Crippen molar-refractivity contribution in [3.8, 4) is 0 Å². The summed E-state index contributed by atoms with van der Waals surface area (Å²) in [6.07, 6.45) is 0.706. The van der Waals surface area contributed by atoms with Crippen molar-refractivity contribution in [1.29, 1.82) is 0 Å². The number of amides is 1. The number of hydrogen-bond acceptors (Lipinski definition) is 7. The molecule has 3 aromatic carbocycles. The van der Waals surface area contributed by atoms with E-state index in [2.05, 4.69) is 21.7 Å². The van der Waals surface area contributed by atoms with Crippen molar-refractivity contribution in [3.05, 3.63) is 93.0 Å². The van der Waals surface area contributed by atoms with Gasteiger partial charge in [0.15, 0.2) is 0 Å². The van der Waals surface area contributed by atoms with Gasteiger partial charge in [-0.25, -0.2) is 4.98 Å². The van der Waals surface area contributed by atoms with Gasteiger partial charge in [0.1, 0.15) is 5.69 Å². The molecule has 4 rings (SSSR count). The maximum atomic E-state index is 12.7. The zero-order valence-corrected chi connectivity index (χ0v) is 18.7. The minimum Gasteiger partial charge on any atom is -0.383 e. The van der Waals surface area contributed by atoms with Gasteiger partial charge in [0.2, 0.25) is 0 Å². The quantitative estimate of drug-likeness (QED) is 0.203. The van der Waals surface area contributed by atoms with E-state index in [-0.39, 0.29) is 11.3 Å². The number of fused-ring (bicyclic) bond motifs is 1. The molecule has 1 aromatic heterocycles. The molecule has 1 amide bonds. The van der Waals surface area contributed by atoms with Crippen molar-refractivity contribution in [2.45, 2.75) is 6.42 Å². The van der Waals surface area contributed by atoms with Crippen LogP contribution in [0.25, 0.3) is 10.2 Å². The van der Waals surface area contributed by atoms with Crippen molar-refractivity contribution < 1.29 is 14.5 Å². The summed E-state index contributed by atoms with van der Waals surface area (Å²) in [6, 6.07) is 19.9. The molecule has 8 nitrogen and oxygen atoms in total. The van der Waals surface area contributed by atoms with Crippen LogP contribution in [0, 0.1) is 10.1 Å². The Morgan fingerprint density at radius 3 is 2.64 bits per heavy atom. The van der Waals surface area contributed by atoms with Gasteiger partial charge in [-0.15, -0.1) is 11.3 Å². The Labute approximate surface area is 194 Å². The third-order valence-electron chi connectivity index (χ3n) is 4.98. The zero-order valence-electron chi connectivity index (χ0n) is 17.9. The number of nitro benzene ring substituents is 1. The van der Waals surface area contributed by atoms with Crippen LogP contribution in [0.4, 0.5) is 17.1 Å². The molecule has 33 heavy (non-hydrogen) atoms. The van der Waals surface area contributed by atoms with E-state index >= 15 is 0 Å². The molecule has 0 aliphatic carbocycles. The van der Waals surface area contributed by atoms with E-state index < -0.39 is 10.8 Å². The molecule has 1 heterocycles. The second-order valence-corrected chi connectivity index (χ2v) is 8.43. The Morgan fingerprint density at radius 1 is 1.12 bits per heavy atom. The Kier molecular flexibility index (Phi) is 6.92. The van der Waals surface area contributed by atoms with Gasteiger partial charge in [-0.3, -0.25) is 14.9 Å². The van der Waals surface area contributed by atoms with E-state index in [0.717, 1.165) is 20.8 Å². The van der Waals surface area contributed by atoms with E-state index in [4.69, 9.17) is 4.74 Å². The number of hydrogen-bond donors (Lipinski definition) is 2. The maximum absolute atomic E-state index is 12.7. The Balaban J connectivity index is 1.42. The molecule has 0 saturated heterocycles. The summed E-state index contributed by atoms with van der Waals surface area (Å²) in [4.78, 5) is 28.2. The lowest BCUT2D eigenvalue weighted by atomic mass is 10.1. The number of nitro groups is 1. The van der Waals surface area contributed by atoms with Gasteiger partial charge >= 0.3 is 0 Å². The van der Waals surface area contributed by atoms with Gasteiger partial charge in [0.25, 0.3) is 11.6 Å². The first-order valence-electron chi connectivity index (χ1n) is 10.3. The van der Waals surface area contributed by atoms with E-state index in [0.29, 0.717) is 30.9 Å².